The normalized spacial score (nSPS) is 28.2. The maximum absolute atomic E-state index is 13.7. The second-order valence-corrected chi connectivity index (χ2v) is 11.5. The molecular weight excluding hydrogens is 446 g/mol. The quantitative estimate of drug-likeness (QED) is 0.576. The summed E-state index contributed by atoms with van der Waals surface area (Å²) in [6.45, 7) is 1.57. The summed E-state index contributed by atoms with van der Waals surface area (Å²) >= 11 is -1.87. The third-order valence-corrected chi connectivity index (χ3v) is 8.92. The average molecular weight is 482 g/mol. The van der Waals surface area contributed by atoms with Crippen molar-refractivity contribution in [3.63, 3.8) is 0 Å². The molecule has 1 saturated heterocycles. The van der Waals surface area contributed by atoms with Gasteiger partial charge in [-0.1, -0.05) is 42.5 Å². The van der Waals surface area contributed by atoms with Gasteiger partial charge in [0.25, 0.3) is 0 Å². The Kier molecular flexibility index (Phi) is 6.29. The highest BCUT2D eigenvalue weighted by molar-refractivity contribution is 7.78. The van der Waals surface area contributed by atoms with Crippen LogP contribution in [0.4, 0.5) is 10.5 Å². The van der Waals surface area contributed by atoms with E-state index in [4.69, 9.17) is 0 Å². The van der Waals surface area contributed by atoms with Gasteiger partial charge in [-0.3, -0.25) is 9.80 Å². The Labute approximate surface area is 205 Å². The summed E-state index contributed by atoms with van der Waals surface area (Å²) in [6, 6.07) is 18.5. The van der Waals surface area contributed by atoms with E-state index in [0.717, 1.165) is 43.5 Å². The Balaban J connectivity index is 1.41. The summed E-state index contributed by atoms with van der Waals surface area (Å²) in [6.07, 6.45) is 6.45. The van der Waals surface area contributed by atoms with Crippen molar-refractivity contribution in [2.45, 2.75) is 55.4 Å². The van der Waals surface area contributed by atoms with Crippen LogP contribution < -0.4 is 4.90 Å². The van der Waals surface area contributed by atoms with E-state index >= 15 is 0 Å². The Morgan fingerprint density at radius 1 is 1.00 bits per heavy atom. The zero-order valence-corrected chi connectivity index (χ0v) is 21.0. The largest absolute Gasteiger partial charge is 0.325 e. The van der Waals surface area contributed by atoms with E-state index in [1.54, 1.807) is 0 Å². The van der Waals surface area contributed by atoms with Crippen LogP contribution in [0.5, 0.6) is 0 Å². The van der Waals surface area contributed by atoms with Gasteiger partial charge < -0.3 is 9.45 Å². The highest BCUT2D eigenvalue weighted by Crippen LogP contribution is 2.50. The Morgan fingerprint density at radius 2 is 1.65 bits per heavy atom. The SMILES string of the molecule is CN(C)C1(c2ccccc2)CCC2(CC1)CN(c1ccc(CS(=O)O)cc1)C(=O)N2CC1CC1. The van der Waals surface area contributed by atoms with E-state index in [1.165, 1.54) is 18.4 Å². The van der Waals surface area contributed by atoms with E-state index in [2.05, 4.69) is 54.2 Å². The summed E-state index contributed by atoms with van der Waals surface area (Å²) < 4.78 is 20.3. The lowest BCUT2D eigenvalue weighted by Crippen LogP contribution is -2.55. The van der Waals surface area contributed by atoms with E-state index in [-0.39, 0.29) is 22.9 Å². The molecule has 1 N–H and O–H groups in total. The summed E-state index contributed by atoms with van der Waals surface area (Å²) in [5.41, 5.74) is 2.90. The van der Waals surface area contributed by atoms with Crippen LogP contribution in [0.15, 0.2) is 54.6 Å². The molecule has 2 aromatic rings. The van der Waals surface area contributed by atoms with Crippen molar-refractivity contribution in [2.75, 3.05) is 32.1 Å². The first-order valence-corrected chi connectivity index (χ1v) is 13.6. The lowest BCUT2D eigenvalue weighted by atomic mass is 9.68. The number of carbonyl (C=O) groups excluding carboxylic acids is 1. The van der Waals surface area contributed by atoms with Crippen molar-refractivity contribution in [3.8, 4) is 0 Å². The van der Waals surface area contributed by atoms with Crippen molar-refractivity contribution in [2.24, 2.45) is 5.92 Å². The minimum Gasteiger partial charge on any atom is -0.317 e. The second-order valence-electron chi connectivity index (χ2n) is 10.6. The number of hydrogen-bond donors (Lipinski definition) is 1. The molecule has 6 nitrogen and oxygen atoms in total. The molecule has 7 heteroatoms. The van der Waals surface area contributed by atoms with E-state index in [9.17, 15) is 13.6 Å². The molecule has 2 aliphatic carbocycles. The molecule has 5 rings (SSSR count). The van der Waals surface area contributed by atoms with Crippen LogP contribution in [-0.2, 0) is 22.4 Å². The summed E-state index contributed by atoms with van der Waals surface area (Å²) in [4.78, 5) is 20.2. The van der Waals surface area contributed by atoms with Crippen LogP contribution >= 0.6 is 0 Å². The molecule has 0 radical (unpaired) electrons. The first-order valence-electron chi connectivity index (χ1n) is 12.3. The molecule has 1 atom stereocenters. The third kappa shape index (κ3) is 4.30. The van der Waals surface area contributed by atoms with Crippen LogP contribution in [0.25, 0.3) is 0 Å². The number of urea groups is 1. The minimum absolute atomic E-state index is 0.00415. The van der Waals surface area contributed by atoms with E-state index in [0.29, 0.717) is 12.5 Å². The molecule has 1 heterocycles. The highest BCUT2D eigenvalue weighted by atomic mass is 32.2. The van der Waals surface area contributed by atoms with Gasteiger partial charge in [0.1, 0.15) is 0 Å². The zero-order valence-electron chi connectivity index (χ0n) is 20.2. The van der Waals surface area contributed by atoms with Crippen molar-refractivity contribution in [1.82, 2.24) is 9.80 Å². The molecule has 2 aromatic carbocycles. The molecule has 1 spiro atoms. The molecule has 182 valence electrons. The second kappa shape index (κ2) is 9.10. The number of rotatable bonds is 7. The van der Waals surface area contributed by atoms with Gasteiger partial charge in [0.15, 0.2) is 11.1 Å². The zero-order chi connectivity index (χ0) is 23.9. The van der Waals surface area contributed by atoms with Crippen LogP contribution in [0.3, 0.4) is 0 Å². The van der Waals surface area contributed by atoms with Crippen molar-refractivity contribution in [3.05, 3.63) is 65.7 Å². The number of nitrogens with zero attached hydrogens (tertiary/aromatic N) is 3. The number of hydrogen-bond acceptors (Lipinski definition) is 3. The van der Waals surface area contributed by atoms with Gasteiger partial charge >= 0.3 is 6.03 Å². The van der Waals surface area contributed by atoms with Gasteiger partial charge in [-0.05, 0) is 81.8 Å². The summed E-state index contributed by atoms with van der Waals surface area (Å²) in [5.74, 6) is 0.746. The summed E-state index contributed by atoms with van der Waals surface area (Å²) in [7, 11) is 4.36. The van der Waals surface area contributed by atoms with Gasteiger partial charge in [-0.2, -0.15) is 0 Å². The predicted molar refractivity (Wildman–Crippen MR) is 136 cm³/mol. The Bertz CT molecular complexity index is 1040. The van der Waals surface area contributed by atoms with Gasteiger partial charge in [0.2, 0.25) is 0 Å². The molecule has 0 aromatic heterocycles. The number of benzene rings is 2. The molecule has 0 bridgehead atoms. The molecule has 1 unspecified atom stereocenters. The maximum atomic E-state index is 13.7. The number of carbonyl (C=O) groups is 1. The number of amides is 2. The van der Waals surface area contributed by atoms with Gasteiger partial charge in [-0.25, -0.2) is 9.00 Å². The lowest BCUT2D eigenvalue weighted by Gasteiger charge is -2.51. The van der Waals surface area contributed by atoms with Gasteiger partial charge in [-0.15, -0.1) is 0 Å². The van der Waals surface area contributed by atoms with Crippen molar-refractivity contribution < 1.29 is 13.6 Å². The third-order valence-electron chi connectivity index (χ3n) is 8.34. The first-order chi connectivity index (χ1) is 16.3. The highest BCUT2D eigenvalue weighted by Gasteiger charge is 2.55. The maximum Gasteiger partial charge on any atom is 0.325 e. The fourth-order valence-corrected chi connectivity index (χ4v) is 6.52. The summed E-state index contributed by atoms with van der Waals surface area (Å²) in [5, 5.41) is 0. The number of anilines is 1. The Hall–Kier alpha value is -2.22. The molecule has 3 aliphatic rings. The average Bonchev–Trinajstić information content (AvgIpc) is 3.62. The molecule has 3 fully saturated rings. The fourth-order valence-electron chi connectivity index (χ4n) is 6.04. The Morgan fingerprint density at radius 3 is 2.21 bits per heavy atom. The smallest absolute Gasteiger partial charge is 0.317 e. The van der Waals surface area contributed by atoms with Gasteiger partial charge in [0.05, 0.1) is 17.8 Å². The molecule has 2 saturated carbocycles. The standard InChI is InChI=1S/C27H35N3O3S/c1-28(2)27(23-6-4-3-5-7-23)16-14-26(15-17-27)20-29(25(31)30(26)18-21-8-9-21)24-12-10-22(11-13-24)19-34(32)33/h3-7,10-13,21H,8-9,14-20H2,1-2H3,(H,32,33). The van der Waals surface area contributed by atoms with Crippen LogP contribution in [0.2, 0.25) is 0 Å². The fraction of sp³-hybridized carbons (Fsp3) is 0.519. The monoisotopic (exact) mass is 481 g/mol. The molecule has 2 amide bonds. The van der Waals surface area contributed by atoms with Crippen LogP contribution in [0.1, 0.15) is 49.7 Å². The van der Waals surface area contributed by atoms with Crippen molar-refractivity contribution >= 4 is 22.8 Å². The predicted octanol–water partition coefficient (Wildman–Crippen LogP) is 4.83. The van der Waals surface area contributed by atoms with Crippen LogP contribution in [0, 0.1) is 5.92 Å². The lowest BCUT2D eigenvalue weighted by molar-refractivity contribution is 0.0249. The van der Waals surface area contributed by atoms with E-state index < -0.39 is 11.1 Å². The van der Waals surface area contributed by atoms with Crippen LogP contribution in [-0.4, -0.2) is 57.3 Å². The van der Waals surface area contributed by atoms with Crippen molar-refractivity contribution in [1.29, 1.82) is 0 Å². The first kappa shape index (κ1) is 23.5. The van der Waals surface area contributed by atoms with E-state index in [1.807, 2.05) is 29.2 Å². The topological polar surface area (TPSA) is 64.1 Å². The molecular formula is C27H35N3O3S. The van der Waals surface area contributed by atoms with Gasteiger partial charge in [0, 0.05) is 17.8 Å². The minimum atomic E-state index is -1.87. The molecule has 1 aliphatic heterocycles. The molecule has 34 heavy (non-hydrogen) atoms.